The Morgan fingerprint density at radius 2 is 0.950 bits per heavy atom. The van der Waals surface area contributed by atoms with E-state index in [0.717, 1.165) is 5.92 Å². The minimum Gasteiger partial charge on any atom is -0.0925 e. The summed E-state index contributed by atoms with van der Waals surface area (Å²) < 4.78 is 0. The van der Waals surface area contributed by atoms with Crippen molar-refractivity contribution in [2.24, 2.45) is 5.92 Å². The van der Waals surface area contributed by atoms with Gasteiger partial charge < -0.3 is 0 Å². The molecule has 0 saturated carbocycles. The van der Waals surface area contributed by atoms with Gasteiger partial charge in [-0.05, 0) is 12.3 Å². The second-order valence-corrected chi connectivity index (χ2v) is 7.29. The van der Waals surface area contributed by atoms with E-state index in [4.69, 9.17) is 0 Å². The molecule has 0 aliphatic carbocycles. The van der Waals surface area contributed by atoms with Crippen molar-refractivity contribution in [1.29, 1.82) is 0 Å². The van der Waals surface area contributed by atoms with E-state index >= 15 is 0 Å². The molecule has 0 spiro atoms. The summed E-state index contributed by atoms with van der Waals surface area (Å²) in [5.74, 6) is 0.868. The van der Waals surface area contributed by atoms with Crippen LogP contribution in [0.5, 0.6) is 0 Å². The van der Waals surface area contributed by atoms with Crippen LogP contribution in [0.3, 0.4) is 0 Å². The van der Waals surface area contributed by atoms with Gasteiger partial charge in [-0.2, -0.15) is 0 Å². The molecule has 0 nitrogen and oxygen atoms in total. The molecular formula is C19H39Br. The van der Waals surface area contributed by atoms with Gasteiger partial charge in [0.15, 0.2) is 0 Å². The van der Waals surface area contributed by atoms with Crippen LogP contribution in [0.2, 0.25) is 0 Å². The number of unbranched alkanes of at least 4 members (excludes halogenated alkanes) is 13. The summed E-state index contributed by atoms with van der Waals surface area (Å²) in [6, 6.07) is 0. The van der Waals surface area contributed by atoms with Gasteiger partial charge in [-0.15, -0.1) is 0 Å². The maximum absolute atomic E-state index is 3.56. The van der Waals surface area contributed by atoms with Crippen molar-refractivity contribution in [1.82, 2.24) is 0 Å². The fraction of sp³-hybridized carbons (Fsp3) is 1.00. The van der Waals surface area contributed by atoms with Crippen LogP contribution in [0.25, 0.3) is 0 Å². The molecule has 1 atom stereocenters. The molecular weight excluding hydrogens is 308 g/mol. The van der Waals surface area contributed by atoms with E-state index in [0.29, 0.717) is 0 Å². The molecule has 0 aromatic carbocycles. The van der Waals surface area contributed by atoms with Gasteiger partial charge in [0.2, 0.25) is 0 Å². The van der Waals surface area contributed by atoms with Crippen molar-refractivity contribution in [3.8, 4) is 0 Å². The van der Waals surface area contributed by atoms with Crippen molar-refractivity contribution in [2.75, 3.05) is 5.33 Å². The Hall–Kier alpha value is 0.480. The normalized spacial score (nSPS) is 12.8. The SMILES string of the molecule is CCCCCCCCCCCCCCCCC(C)CBr. The van der Waals surface area contributed by atoms with Crippen molar-refractivity contribution in [3.05, 3.63) is 0 Å². The highest BCUT2D eigenvalue weighted by Crippen LogP contribution is 2.15. The molecule has 0 bridgehead atoms. The average Bonchev–Trinajstić information content (AvgIpc) is 2.47. The smallest absolute Gasteiger partial charge is 0.00570 e. The summed E-state index contributed by atoms with van der Waals surface area (Å²) in [4.78, 5) is 0. The topological polar surface area (TPSA) is 0 Å². The lowest BCUT2D eigenvalue weighted by atomic mass is 10.0. The Balaban J connectivity index is 2.96. The molecule has 0 amide bonds. The third-order valence-electron chi connectivity index (χ3n) is 4.31. The summed E-state index contributed by atoms with van der Waals surface area (Å²) in [6.45, 7) is 4.64. The minimum absolute atomic E-state index is 0.868. The maximum Gasteiger partial charge on any atom is 0.00570 e. The van der Waals surface area contributed by atoms with E-state index in [-0.39, 0.29) is 0 Å². The molecule has 1 unspecified atom stereocenters. The molecule has 1 heteroatoms. The van der Waals surface area contributed by atoms with Crippen LogP contribution in [0, 0.1) is 5.92 Å². The van der Waals surface area contributed by atoms with Gasteiger partial charge in [0.25, 0.3) is 0 Å². The van der Waals surface area contributed by atoms with E-state index in [1.165, 1.54) is 102 Å². The first-order chi connectivity index (χ1) is 9.81. The van der Waals surface area contributed by atoms with E-state index in [2.05, 4.69) is 29.8 Å². The van der Waals surface area contributed by atoms with Gasteiger partial charge >= 0.3 is 0 Å². The van der Waals surface area contributed by atoms with Gasteiger partial charge in [0, 0.05) is 5.33 Å². The fourth-order valence-corrected chi connectivity index (χ4v) is 3.09. The van der Waals surface area contributed by atoms with E-state index in [1.54, 1.807) is 0 Å². The second kappa shape index (κ2) is 17.5. The van der Waals surface area contributed by atoms with E-state index < -0.39 is 0 Å². The molecule has 122 valence electrons. The monoisotopic (exact) mass is 346 g/mol. The number of alkyl halides is 1. The first kappa shape index (κ1) is 20.5. The largest absolute Gasteiger partial charge is 0.0925 e. The molecule has 0 aromatic rings. The summed E-state index contributed by atoms with van der Waals surface area (Å²) in [6.07, 6.45) is 21.8. The Labute approximate surface area is 137 Å². The predicted molar refractivity (Wildman–Crippen MR) is 97.9 cm³/mol. The average molecular weight is 347 g/mol. The first-order valence-corrected chi connectivity index (χ1v) is 10.5. The zero-order valence-corrected chi connectivity index (χ0v) is 15.9. The van der Waals surface area contributed by atoms with Crippen LogP contribution >= 0.6 is 15.9 Å². The van der Waals surface area contributed by atoms with E-state index in [1.807, 2.05) is 0 Å². The Morgan fingerprint density at radius 1 is 0.600 bits per heavy atom. The maximum atomic E-state index is 3.56. The molecule has 0 aromatic heterocycles. The molecule has 0 N–H and O–H groups in total. The molecule has 0 radical (unpaired) electrons. The van der Waals surface area contributed by atoms with Gasteiger partial charge in [-0.25, -0.2) is 0 Å². The summed E-state index contributed by atoms with van der Waals surface area (Å²) >= 11 is 3.56. The van der Waals surface area contributed by atoms with Gasteiger partial charge in [-0.1, -0.05) is 120 Å². The molecule has 0 aliphatic heterocycles. The molecule has 0 aliphatic rings. The highest BCUT2D eigenvalue weighted by atomic mass is 79.9. The number of hydrogen-bond acceptors (Lipinski definition) is 0. The van der Waals surface area contributed by atoms with Crippen LogP contribution in [0.1, 0.15) is 110 Å². The lowest BCUT2D eigenvalue weighted by Crippen LogP contribution is -1.94. The minimum atomic E-state index is 0.868. The van der Waals surface area contributed by atoms with Crippen LogP contribution < -0.4 is 0 Å². The standard InChI is InChI=1S/C19H39Br/c1-3-4-5-6-7-8-9-10-11-12-13-14-15-16-17-19(2)18-20/h19H,3-18H2,1-2H3. The van der Waals surface area contributed by atoms with Crippen LogP contribution in [0.15, 0.2) is 0 Å². The van der Waals surface area contributed by atoms with Crippen molar-refractivity contribution < 1.29 is 0 Å². The molecule has 0 rings (SSSR count). The third-order valence-corrected chi connectivity index (χ3v) is 5.42. The summed E-state index contributed by atoms with van der Waals surface area (Å²) in [5, 5.41) is 1.17. The van der Waals surface area contributed by atoms with Crippen molar-refractivity contribution in [3.63, 3.8) is 0 Å². The Bertz CT molecular complexity index is 167. The van der Waals surface area contributed by atoms with Crippen molar-refractivity contribution >= 4 is 15.9 Å². The highest BCUT2D eigenvalue weighted by Gasteiger charge is 1.99. The van der Waals surface area contributed by atoms with Crippen LogP contribution in [-0.2, 0) is 0 Å². The number of hydrogen-bond donors (Lipinski definition) is 0. The molecule has 0 heterocycles. The fourth-order valence-electron chi connectivity index (χ4n) is 2.76. The van der Waals surface area contributed by atoms with Gasteiger partial charge in [0.05, 0.1) is 0 Å². The summed E-state index contributed by atoms with van der Waals surface area (Å²) in [5.41, 5.74) is 0. The summed E-state index contributed by atoms with van der Waals surface area (Å²) in [7, 11) is 0. The lowest BCUT2D eigenvalue weighted by molar-refractivity contribution is 0.507. The Morgan fingerprint density at radius 3 is 1.30 bits per heavy atom. The van der Waals surface area contributed by atoms with Crippen LogP contribution in [-0.4, -0.2) is 5.33 Å². The first-order valence-electron chi connectivity index (χ1n) is 9.37. The molecule has 0 fully saturated rings. The molecule has 0 saturated heterocycles. The highest BCUT2D eigenvalue weighted by molar-refractivity contribution is 9.09. The lowest BCUT2D eigenvalue weighted by Gasteiger charge is -2.06. The van der Waals surface area contributed by atoms with Crippen LogP contribution in [0.4, 0.5) is 0 Å². The predicted octanol–water partition coefficient (Wildman–Crippen LogP) is 7.89. The Kier molecular flexibility index (Phi) is 18.0. The zero-order valence-electron chi connectivity index (χ0n) is 14.3. The van der Waals surface area contributed by atoms with Crippen molar-refractivity contribution in [2.45, 2.75) is 110 Å². The van der Waals surface area contributed by atoms with E-state index in [9.17, 15) is 0 Å². The molecule has 20 heavy (non-hydrogen) atoms. The number of halogens is 1. The number of rotatable bonds is 16. The third kappa shape index (κ3) is 16.5. The van der Waals surface area contributed by atoms with Gasteiger partial charge in [-0.3, -0.25) is 0 Å². The van der Waals surface area contributed by atoms with Gasteiger partial charge in [0.1, 0.15) is 0 Å². The quantitative estimate of drug-likeness (QED) is 0.197. The second-order valence-electron chi connectivity index (χ2n) is 6.64. The zero-order chi connectivity index (χ0) is 14.9.